The third kappa shape index (κ3) is 4.31. The molecule has 2 rings (SSSR count). The summed E-state index contributed by atoms with van der Waals surface area (Å²) in [5, 5.41) is 16.3. The van der Waals surface area contributed by atoms with E-state index >= 15 is 0 Å². The van der Waals surface area contributed by atoms with Gasteiger partial charge in [-0.2, -0.15) is 4.73 Å². The minimum absolute atomic E-state index is 0.235. The van der Waals surface area contributed by atoms with E-state index in [1.807, 2.05) is 30.3 Å². The Morgan fingerprint density at radius 3 is 2.47 bits per heavy atom. The molecule has 98 valence electrons. The largest absolute Gasteiger partial charge is 0.619 e. The molecule has 0 aliphatic heterocycles. The van der Waals surface area contributed by atoms with Crippen LogP contribution in [-0.2, 0) is 6.42 Å². The lowest BCUT2D eigenvalue weighted by Crippen LogP contribution is -2.30. The average Bonchev–Trinajstić information content (AvgIpc) is 2.42. The van der Waals surface area contributed by atoms with Crippen molar-refractivity contribution in [3.63, 3.8) is 0 Å². The standard InChI is InChI=1S/C14H15N3O2/c18-14(16-13-4-2-1-3-5-13)15-9-6-12-7-10-17(19)11-8-12/h1-5,7-8,10-11H,6,9H2,(H2,15,16,18). The van der Waals surface area contributed by atoms with Crippen molar-refractivity contribution in [2.75, 3.05) is 11.9 Å². The molecule has 2 N–H and O–H groups in total. The number of rotatable bonds is 4. The van der Waals surface area contributed by atoms with Gasteiger partial charge in [-0.05, 0) is 24.1 Å². The second kappa shape index (κ2) is 6.39. The van der Waals surface area contributed by atoms with E-state index in [0.717, 1.165) is 16.0 Å². The number of amides is 2. The molecule has 0 aliphatic rings. The van der Waals surface area contributed by atoms with Gasteiger partial charge in [-0.1, -0.05) is 18.2 Å². The highest BCUT2D eigenvalue weighted by molar-refractivity contribution is 5.89. The zero-order chi connectivity index (χ0) is 13.5. The van der Waals surface area contributed by atoms with Crippen molar-refractivity contribution in [3.05, 3.63) is 65.6 Å². The molecule has 1 heterocycles. The molecule has 0 saturated heterocycles. The lowest BCUT2D eigenvalue weighted by Gasteiger charge is -2.07. The molecule has 5 nitrogen and oxygen atoms in total. The summed E-state index contributed by atoms with van der Waals surface area (Å²) in [5.41, 5.74) is 1.76. The van der Waals surface area contributed by atoms with Gasteiger partial charge in [0.1, 0.15) is 0 Å². The molecule has 19 heavy (non-hydrogen) atoms. The molecule has 2 amide bonds. The van der Waals surface area contributed by atoms with Gasteiger partial charge in [0, 0.05) is 24.4 Å². The van der Waals surface area contributed by atoms with Gasteiger partial charge >= 0.3 is 6.03 Å². The maximum Gasteiger partial charge on any atom is 0.319 e. The highest BCUT2D eigenvalue weighted by atomic mass is 16.5. The lowest BCUT2D eigenvalue weighted by atomic mass is 10.2. The van der Waals surface area contributed by atoms with Crippen LogP contribution in [0.4, 0.5) is 10.5 Å². The fourth-order valence-corrected chi connectivity index (χ4v) is 1.63. The first kappa shape index (κ1) is 12.9. The van der Waals surface area contributed by atoms with Crippen molar-refractivity contribution in [3.8, 4) is 0 Å². The molecule has 0 bridgehead atoms. The minimum Gasteiger partial charge on any atom is -0.619 e. The van der Waals surface area contributed by atoms with Crippen LogP contribution >= 0.6 is 0 Å². The molecule has 0 spiro atoms. The molecule has 0 aliphatic carbocycles. The van der Waals surface area contributed by atoms with E-state index in [1.54, 1.807) is 12.1 Å². The Hall–Kier alpha value is -2.56. The molecule has 0 radical (unpaired) electrons. The van der Waals surface area contributed by atoms with Crippen molar-refractivity contribution >= 4 is 11.7 Å². The summed E-state index contributed by atoms with van der Waals surface area (Å²) >= 11 is 0. The number of carbonyl (C=O) groups is 1. The number of nitrogens with one attached hydrogen (secondary N) is 2. The summed E-state index contributed by atoms with van der Waals surface area (Å²) in [6, 6.07) is 12.5. The first-order valence-electron chi connectivity index (χ1n) is 6.01. The van der Waals surface area contributed by atoms with Gasteiger partial charge in [-0.25, -0.2) is 4.79 Å². The molecule has 0 saturated carbocycles. The molecular formula is C14H15N3O2. The van der Waals surface area contributed by atoms with Crippen LogP contribution in [0, 0.1) is 5.21 Å². The van der Waals surface area contributed by atoms with E-state index in [9.17, 15) is 10.0 Å². The van der Waals surface area contributed by atoms with Crippen molar-refractivity contribution in [2.45, 2.75) is 6.42 Å². The summed E-state index contributed by atoms with van der Waals surface area (Å²) < 4.78 is 0.735. The second-order valence-electron chi connectivity index (χ2n) is 4.06. The number of urea groups is 1. The minimum atomic E-state index is -0.235. The molecule has 0 unspecified atom stereocenters. The van der Waals surface area contributed by atoms with Crippen molar-refractivity contribution < 1.29 is 9.52 Å². The zero-order valence-electron chi connectivity index (χ0n) is 10.4. The van der Waals surface area contributed by atoms with Crippen LogP contribution in [0.2, 0.25) is 0 Å². The fourth-order valence-electron chi connectivity index (χ4n) is 1.63. The summed E-state index contributed by atoms with van der Waals surface area (Å²) in [6.07, 6.45) is 3.57. The Kier molecular flexibility index (Phi) is 4.34. The second-order valence-corrected chi connectivity index (χ2v) is 4.06. The predicted octanol–water partition coefficient (Wildman–Crippen LogP) is 1.68. The number of hydrogen-bond acceptors (Lipinski definition) is 2. The first-order valence-corrected chi connectivity index (χ1v) is 6.01. The number of nitrogens with zero attached hydrogens (tertiary/aromatic N) is 1. The summed E-state index contributed by atoms with van der Waals surface area (Å²) in [4.78, 5) is 11.6. The number of carbonyl (C=O) groups excluding carboxylic acids is 1. The average molecular weight is 257 g/mol. The maximum absolute atomic E-state index is 11.6. The van der Waals surface area contributed by atoms with Crippen LogP contribution in [0.3, 0.4) is 0 Å². The van der Waals surface area contributed by atoms with Crippen LogP contribution < -0.4 is 15.4 Å². The lowest BCUT2D eigenvalue weighted by molar-refractivity contribution is -0.605. The first-order chi connectivity index (χ1) is 9.24. The number of hydrogen-bond donors (Lipinski definition) is 2. The maximum atomic E-state index is 11.6. The fraction of sp³-hybridized carbons (Fsp3) is 0.143. The van der Waals surface area contributed by atoms with Crippen LogP contribution in [0.25, 0.3) is 0 Å². The summed E-state index contributed by atoms with van der Waals surface area (Å²) in [6.45, 7) is 0.515. The van der Waals surface area contributed by atoms with Gasteiger partial charge in [0.25, 0.3) is 0 Å². The smallest absolute Gasteiger partial charge is 0.319 e. The van der Waals surface area contributed by atoms with E-state index in [2.05, 4.69) is 10.6 Å². The predicted molar refractivity (Wildman–Crippen MR) is 72.6 cm³/mol. The highest BCUT2D eigenvalue weighted by Gasteiger charge is 2.01. The zero-order valence-corrected chi connectivity index (χ0v) is 10.4. The Bertz CT molecular complexity index is 526. The van der Waals surface area contributed by atoms with Gasteiger partial charge in [0.2, 0.25) is 0 Å². The monoisotopic (exact) mass is 257 g/mol. The van der Waals surface area contributed by atoms with Gasteiger partial charge in [-0.15, -0.1) is 0 Å². The molecular weight excluding hydrogens is 242 g/mol. The van der Waals surface area contributed by atoms with Crippen molar-refractivity contribution in [1.82, 2.24) is 5.32 Å². The van der Waals surface area contributed by atoms with Crippen LogP contribution in [0.15, 0.2) is 54.9 Å². The number of benzene rings is 1. The topological polar surface area (TPSA) is 68.1 Å². The number of aromatic nitrogens is 1. The SMILES string of the molecule is O=C(NCCc1cc[n+]([O-])cc1)Nc1ccccc1. The Balaban J connectivity index is 1.74. The van der Waals surface area contributed by atoms with Crippen molar-refractivity contribution in [1.29, 1.82) is 0 Å². The summed E-state index contributed by atoms with van der Waals surface area (Å²) in [7, 11) is 0. The molecule has 1 aromatic carbocycles. The Morgan fingerprint density at radius 2 is 1.79 bits per heavy atom. The third-order valence-corrected chi connectivity index (χ3v) is 2.60. The third-order valence-electron chi connectivity index (χ3n) is 2.60. The van der Waals surface area contributed by atoms with Gasteiger partial charge in [-0.3, -0.25) is 0 Å². The van der Waals surface area contributed by atoms with E-state index in [1.165, 1.54) is 12.4 Å². The summed E-state index contributed by atoms with van der Waals surface area (Å²) in [5.74, 6) is 0. The molecule has 0 atom stereocenters. The van der Waals surface area contributed by atoms with Crippen LogP contribution in [0.5, 0.6) is 0 Å². The van der Waals surface area contributed by atoms with E-state index < -0.39 is 0 Å². The van der Waals surface area contributed by atoms with Gasteiger partial charge < -0.3 is 15.8 Å². The van der Waals surface area contributed by atoms with Gasteiger partial charge in [0.15, 0.2) is 12.4 Å². The quantitative estimate of drug-likeness (QED) is 0.646. The van der Waals surface area contributed by atoms with E-state index in [-0.39, 0.29) is 6.03 Å². The number of para-hydroxylation sites is 1. The van der Waals surface area contributed by atoms with Crippen molar-refractivity contribution in [2.24, 2.45) is 0 Å². The Morgan fingerprint density at radius 1 is 1.11 bits per heavy atom. The van der Waals surface area contributed by atoms with Crippen LogP contribution in [-0.4, -0.2) is 12.6 Å². The normalized spacial score (nSPS) is 9.89. The Labute approximate surface area is 111 Å². The van der Waals surface area contributed by atoms with E-state index in [0.29, 0.717) is 13.0 Å². The molecule has 0 fully saturated rings. The van der Waals surface area contributed by atoms with Gasteiger partial charge in [0.05, 0.1) is 0 Å². The highest BCUT2D eigenvalue weighted by Crippen LogP contribution is 2.04. The number of pyridine rings is 1. The molecule has 2 aromatic rings. The molecule has 5 heteroatoms. The number of anilines is 1. The molecule has 1 aromatic heterocycles. The van der Waals surface area contributed by atoms with E-state index in [4.69, 9.17) is 0 Å². The van der Waals surface area contributed by atoms with Crippen LogP contribution in [0.1, 0.15) is 5.56 Å².